The monoisotopic (exact) mass is 446 g/mol. The summed E-state index contributed by atoms with van der Waals surface area (Å²) in [7, 11) is 0. The molecule has 31 heavy (non-hydrogen) atoms. The summed E-state index contributed by atoms with van der Waals surface area (Å²) in [5.74, 6) is 0. The second-order valence-electron chi connectivity index (χ2n) is 7.72. The molecule has 0 bridgehead atoms. The zero-order valence-corrected chi connectivity index (χ0v) is 18.4. The van der Waals surface area contributed by atoms with E-state index in [9.17, 15) is 14.9 Å². The van der Waals surface area contributed by atoms with Crippen molar-refractivity contribution in [2.45, 2.75) is 39.0 Å². The number of nitro benzene ring substituents is 1. The lowest BCUT2D eigenvalue weighted by atomic mass is 10.2. The fraction of sp³-hybridized carbons (Fsp3) is 0.333. The van der Waals surface area contributed by atoms with Gasteiger partial charge in [0.05, 0.1) is 29.5 Å². The summed E-state index contributed by atoms with van der Waals surface area (Å²) in [4.78, 5) is 23.0. The van der Waals surface area contributed by atoms with Crippen molar-refractivity contribution in [2.75, 3.05) is 17.7 Å². The Kier molecular flexibility index (Phi) is 8.29. The average molecular weight is 447 g/mol. The number of non-ortho nitro benzene ring substituents is 1. The number of thiocarbonyl (C=S) groups is 1. The second kappa shape index (κ2) is 10.7. The zero-order valence-electron chi connectivity index (χ0n) is 17.6. The molecule has 0 aliphatic carbocycles. The fourth-order valence-electron chi connectivity index (χ4n) is 2.49. The summed E-state index contributed by atoms with van der Waals surface area (Å²) < 4.78 is 11.0. The van der Waals surface area contributed by atoms with E-state index in [1.54, 1.807) is 20.8 Å². The molecule has 10 heteroatoms. The minimum Gasteiger partial charge on any atom is -0.444 e. The van der Waals surface area contributed by atoms with Gasteiger partial charge in [-0.2, -0.15) is 0 Å². The molecule has 166 valence electrons. The quantitative estimate of drug-likeness (QED) is 0.240. The van der Waals surface area contributed by atoms with Gasteiger partial charge in [0.2, 0.25) is 0 Å². The number of nitrogens with zero attached hydrogens (tertiary/aromatic N) is 1. The summed E-state index contributed by atoms with van der Waals surface area (Å²) in [6.45, 7) is 5.60. The van der Waals surface area contributed by atoms with Gasteiger partial charge in [-0.25, -0.2) is 4.79 Å². The van der Waals surface area contributed by atoms with E-state index in [4.69, 9.17) is 27.4 Å². The number of carbonyl (C=O) groups is 1. The molecular formula is C21H26N4O5S. The molecule has 0 heterocycles. The smallest absolute Gasteiger partial charge is 0.408 e. The number of rotatable bonds is 8. The van der Waals surface area contributed by atoms with Crippen LogP contribution in [-0.2, 0) is 16.1 Å². The third-order valence-corrected chi connectivity index (χ3v) is 4.30. The highest BCUT2D eigenvalue weighted by Crippen LogP contribution is 2.24. The number of nitrogens with two attached hydrogens (primary N) is 1. The predicted octanol–water partition coefficient (Wildman–Crippen LogP) is 4.03. The summed E-state index contributed by atoms with van der Waals surface area (Å²) >= 11 is 5.43. The molecule has 2 rings (SSSR count). The summed E-state index contributed by atoms with van der Waals surface area (Å²) in [6, 6.07) is 12.7. The van der Waals surface area contributed by atoms with Crippen molar-refractivity contribution in [3.8, 4) is 0 Å². The van der Waals surface area contributed by atoms with Crippen molar-refractivity contribution < 1.29 is 19.2 Å². The number of hydrogen-bond donors (Lipinski definition) is 3. The maximum absolute atomic E-state index is 12.3. The Balaban J connectivity index is 2.11. The van der Waals surface area contributed by atoms with E-state index in [1.807, 2.05) is 30.3 Å². The predicted molar refractivity (Wildman–Crippen MR) is 123 cm³/mol. The van der Waals surface area contributed by atoms with E-state index in [0.717, 1.165) is 5.56 Å². The van der Waals surface area contributed by atoms with E-state index in [2.05, 4.69) is 10.6 Å². The number of hydrogen-bond acceptors (Lipinski definition) is 7. The van der Waals surface area contributed by atoms with Crippen LogP contribution < -0.4 is 16.4 Å². The highest BCUT2D eigenvalue weighted by molar-refractivity contribution is 7.80. The van der Waals surface area contributed by atoms with Crippen molar-refractivity contribution in [1.82, 2.24) is 5.32 Å². The lowest BCUT2D eigenvalue weighted by molar-refractivity contribution is -0.384. The maximum Gasteiger partial charge on any atom is 0.408 e. The maximum atomic E-state index is 12.3. The molecule has 4 N–H and O–H groups in total. The van der Waals surface area contributed by atoms with E-state index in [0.29, 0.717) is 6.61 Å². The van der Waals surface area contributed by atoms with Crippen molar-refractivity contribution in [1.29, 1.82) is 0 Å². The molecule has 0 fully saturated rings. The zero-order chi connectivity index (χ0) is 23.0. The van der Waals surface area contributed by atoms with Crippen molar-refractivity contribution in [2.24, 2.45) is 0 Å². The summed E-state index contributed by atoms with van der Waals surface area (Å²) in [5, 5.41) is 16.6. The van der Waals surface area contributed by atoms with Gasteiger partial charge in [0, 0.05) is 12.1 Å². The number of nitrogens with one attached hydrogen (secondary N) is 2. The number of benzene rings is 2. The topological polar surface area (TPSA) is 129 Å². The van der Waals surface area contributed by atoms with Gasteiger partial charge < -0.3 is 25.8 Å². The number of amides is 1. The van der Waals surface area contributed by atoms with Gasteiger partial charge in [-0.1, -0.05) is 42.5 Å². The lowest BCUT2D eigenvalue weighted by Crippen LogP contribution is -2.47. The molecule has 0 aliphatic rings. The van der Waals surface area contributed by atoms with Crippen LogP contribution in [0.25, 0.3) is 0 Å². The summed E-state index contributed by atoms with van der Waals surface area (Å²) in [6.07, 6.45) is -0.669. The van der Waals surface area contributed by atoms with Crippen molar-refractivity contribution >= 4 is 40.4 Å². The van der Waals surface area contributed by atoms with E-state index < -0.39 is 22.7 Å². The third kappa shape index (κ3) is 8.19. The molecule has 2 aromatic rings. The Morgan fingerprint density at radius 3 is 2.52 bits per heavy atom. The molecule has 0 saturated carbocycles. The molecule has 0 radical (unpaired) electrons. The Labute approximate surface area is 186 Å². The van der Waals surface area contributed by atoms with Gasteiger partial charge in [0.15, 0.2) is 0 Å². The molecule has 0 saturated heterocycles. The van der Waals surface area contributed by atoms with E-state index in [-0.39, 0.29) is 28.7 Å². The normalized spacial score (nSPS) is 12.0. The SMILES string of the molecule is CC(C)(C)OC(=O)N[C@@H](COCc1ccccc1)C(=S)Nc1cc([N+](=O)[O-])ccc1N. The first-order valence-corrected chi connectivity index (χ1v) is 9.92. The van der Waals surface area contributed by atoms with Gasteiger partial charge >= 0.3 is 6.09 Å². The number of carbonyl (C=O) groups excluding carboxylic acids is 1. The number of anilines is 2. The minimum atomic E-state index is -0.757. The molecule has 2 aromatic carbocycles. The Morgan fingerprint density at radius 2 is 1.90 bits per heavy atom. The largest absolute Gasteiger partial charge is 0.444 e. The molecule has 1 amide bonds. The van der Waals surface area contributed by atoms with Crippen LogP contribution in [0.1, 0.15) is 26.3 Å². The highest BCUT2D eigenvalue weighted by atomic mass is 32.1. The summed E-state index contributed by atoms with van der Waals surface area (Å²) in [5.41, 5.74) is 6.57. The molecule has 0 aromatic heterocycles. The van der Waals surface area contributed by atoms with Crippen LogP contribution in [0.3, 0.4) is 0 Å². The molecule has 0 spiro atoms. The first-order valence-electron chi connectivity index (χ1n) is 9.51. The van der Waals surface area contributed by atoms with Crippen LogP contribution in [0.5, 0.6) is 0 Å². The van der Waals surface area contributed by atoms with E-state index >= 15 is 0 Å². The number of alkyl carbamates (subject to hydrolysis) is 1. The number of nitro groups is 1. The van der Waals surface area contributed by atoms with Crippen LogP contribution in [0.4, 0.5) is 21.9 Å². The second-order valence-corrected chi connectivity index (χ2v) is 8.16. The van der Waals surface area contributed by atoms with Gasteiger partial charge in [0.1, 0.15) is 16.6 Å². The first-order chi connectivity index (χ1) is 14.5. The van der Waals surface area contributed by atoms with Crippen molar-refractivity contribution in [3.63, 3.8) is 0 Å². The number of ether oxygens (including phenoxy) is 2. The van der Waals surface area contributed by atoms with Crippen LogP contribution in [0, 0.1) is 10.1 Å². The fourth-order valence-corrected chi connectivity index (χ4v) is 2.72. The lowest BCUT2D eigenvalue weighted by Gasteiger charge is -2.25. The molecule has 0 aliphatic heterocycles. The highest BCUT2D eigenvalue weighted by Gasteiger charge is 2.23. The standard InChI is InChI=1S/C21H26N4O5S/c1-21(2,3)30-20(26)24-18(13-29-12-14-7-5-4-6-8-14)19(31)23-17-11-15(25(27)28)9-10-16(17)22/h4-11,18H,12-13,22H2,1-3H3,(H,23,31)(H,24,26)/t18-/m0/s1. The number of nitrogen functional groups attached to an aromatic ring is 1. The Hall–Kier alpha value is -3.24. The first kappa shape index (κ1) is 24.0. The molecule has 1 atom stereocenters. The third-order valence-electron chi connectivity index (χ3n) is 3.91. The van der Waals surface area contributed by atoms with Crippen LogP contribution >= 0.6 is 12.2 Å². The van der Waals surface area contributed by atoms with Crippen LogP contribution in [-0.4, -0.2) is 34.3 Å². The molecule has 9 nitrogen and oxygen atoms in total. The van der Waals surface area contributed by atoms with Crippen LogP contribution in [0.15, 0.2) is 48.5 Å². The van der Waals surface area contributed by atoms with Gasteiger partial charge in [-0.05, 0) is 32.4 Å². The average Bonchev–Trinajstić information content (AvgIpc) is 2.68. The molecular weight excluding hydrogens is 420 g/mol. The Morgan fingerprint density at radius 1 is 1.23 bits per heavy atom. The van der Waals surface area contributed by atoms with Gasteiger partial charge in [-0.3, -0.25) is 10.1 Å². The van der Waals surface area contributed by atoms with Gasteiger partial charge in [-0.15, -0.1) is 0 Å². The van der Waals surface area contributed by atoms with E-state index in [1.165, 1.54) is 18.2 Å². The van der Waals surface area contributed by atoms with Crippen molar-refractivity contribution in [3.05, 3.63) is 64.2 Å². The van der Waals surface area contributed by atoms with Crippen LogP contribution in [0.2, 0.25) is 0 Å². The molecule has 0 unspecified atom stereocenters. The minimum absolute atomic E-state index is 0.0504. The Bertz CT molecular complexity index is 931. The van der Waals surface area contributed by atoms with Gasteiger partial charge in [0.25, 0.3) is 5.69 Å².